The lowest BCUT2D eigenvalue weighted by atomic mass is 10.2. The SMILES string of the molecule is COc1ccc(-c2nn3c(Cn4cnc5ccccc54)nnc3s2)cc1OC. The number of para-hydroxylation sites is 2. The molecule has 3 aromatic heterocycles. The van der Waals surface area contributed by atoms with E-state index in [9.17, 15) is 0 Å². The van der Waals surface area contributed by atoms with Gasteiger partial charge in [-0.05, 0) is 30.3 Å². The maximum absolute atomic E-state index is 5.40. The highest BCUT2D eigenvalue weighted by atomic mass is 32.1. The van der Waals surface area contributed by atoms with Gasteiger partial charge in [-0.1, -0.05) is 23.5 Å². The zero-order chi connectivity index (χ0) is 19.1. The van der Waals surface area contributed by atoms with Gasteiger partial charge in [-0.2, -0.15) is 9.61 Å². The number of benzene rings is 2. The number of nitrogens with zero attached hydrogens (tertiary/aromatic N) is 6. The molecule has 2 aromatic carbocycles. The summed E-state index contributed by atoms with van der Waals surface area (Å²) in [5.41, 5.74) is 2.94. The highest BCUT2D eigenvalue weighted by molar-refractivity contribution is 7.19. The Morgan fingerprint density at radius 3 is 2.71 bits per heavy atom. The number of methoxy groups -OCH3 is 2. The molecule has 8 nitrogen and oxygen atoms in total. The molecule has 5 rings (SSSR count). The molecule has 0 unspecified atom stereocenters. The highest BCUT2D eigenvalue weighted by Gasteiger charge is 2.15. The van der Waals surface area contributed by atoms with E-state index in [-0.39, 0.29) is 0 Å². The zero-order valence-electron chi connectivity index (χ0n) is 15.2. The summed E-state index contributed by atoms with van der Waals surface area (Å²) in [5.74, 6) is 2.10. The Hall–Kier alpha value is -3.46. The number of aromatic nitrogens is 6. The van der Waals surface area contributed by atoms with Crippen molar-refractivity contribution in [1.82, 2.24) is 29.4 Å². The minimum absolute atomic E-state index is 0.538. The third kappa shape index (κ3) is 2.67. The Labute approximate surface area is 164 Å². The molecule has 3 heterocycles. The number of hydrogen-bond acceptors (Lipinski definition) is 7. The van der Waals surface area contributed by atoms with Gasteiger partial charge in [0, 0.05) is 5.56 Å². The van der Waals surface area contributed by atoms with Crippen LogP contribution in [0.15, 0.2) is 48.8 Å². The molecule has 0 N–H and O–H groups in total. The molecule has 140 valence electrons. The van der Waals surface area contributed by atoms with E-state index >= 15 is 0 Å². The van der Waals surface area contributed by atoms with Crippen LogP contribution in [0, 0.1) is 0 Å². The number of ether oxygens (including phenoxy) is 2. The summed E-state index contributed by atoms with van der Waals surface area (Å²) in [6.45, 7) is 0.538. The molecule has 0 spiro atoms. The van der Waals surface area contributed by atoms with Crippen LogP contribution in [0.2, 0.25) is 0 Å². The molecule has 28 heavy (non-hydrogen) atoms. The minimum atomic E-state index is 0.538. The second-order valence-corrected chi connectivity index (χ2v) is 7.10. The Balaban J connectivity index is 1.52. The van der Waals surface area contributed by atoms with Crippen LogP contribution in [0.3, 0.4) is 0 Å². The first kappa shape index (κ1) is 16.7. The molecule has 0 aliphatic carbocycles. The van der Waals surface area contributed by atoms with Gasteiger partial charge in [-0.15, -0.1) is 10.2 Å². The quantitative estimate of drug-likeness (QED) is 0.457. The molecule has 0 aliphatic heterocycles. The molecule has 0 atom stereocenters. The van der Waals surface area contributed by atoms with Crippen LogP contribution in [-0.2, 0) is 6.54 Å². The van der Waals surface area contributed by atoms with Gasteiger partial charge in [-0.3, -0.25) is 0 Å². The first-order valence-corrected chi connectivity index (χ1v) is 9.42. The van der Waals surface area contributed by atoms with Crippen LogP contribution in [0.25, 0.3) is 26.6 Å². The fraction of sp³-hybridized carbons (Fsp3) is 0.158. The average molecular weight is 392 g/mol. The van der Waals surface area contributed by atoms with Gasteiger partial charge in [0.05, 0.1) is 38.1 Å². The average Bonchev–Trinajstić information content (AvgIpc) is 3.43. The summed E-state index contributed by atoms with van der Waals surface area (Å²) >= 11 is 1.48. The Morgan fingerprint density at radius 1 is 1.00 bits per heavy atom. The van der Waals surface area contributed by atoms with E-state index in [0.717, 1.165) is 32.4 Å². The van der Waals surface area contributed by atoms with E-state index in [1.165, 1.54) is 11.3 Å². The maximum Gasteiger partial charge on any atom is 0.235 e. The summed E-state index contributed by atoms with van der Waals surface area (Å²) in [4.78, 5) is 5.17. The van der Waals surface area contributed by atoms with Crippen LogP contribution >= 0.6 is 11.3 Å². The van der Waals surface area contributed by atoms with Gasteiger partial charge in [0.15, 0.2) is 17.3 Å². The smallest absolute Gasteiger partial charge is 0.235 e. The van der Waals surface area contributed by atoms with E-state index in [2.05, 4.69) is 15.2 Å². The van der Waals surface area contributed by atoms with Gasteiger partial charge in [0.2, 0.25) is 4.96 Å². The fourth-order valence-corrected chi connectivity index (χ4v) is 3.99. The van der Waals surface area contributed by atoms with Crippen molar-refractivity contribution in [2.24, 2.45) is 0 Å². The zero-order valence-corrected chi connectivity index (χ0v) is 16.1. The maximum atomic E-state index is 5.40. The minimum Gasteiger partial charge on any atom is -0.493 e. The van der Waals surface area contributed by atoms with Gasteiger partial charge in [0.25, 0.3) is 0 Å². The number of fused-ring (bicyclic) bond motifs is 2. The molecule has 0 amide bonds. The number of imidazole rings is 1. The molecular weight excluding hydrogens is 376 g/mol. The lowest BCUT2D eigenvalue weighted by Gasteiger charge is -2.07. The summed E-state index contributed by atoms with van der Waals surface area (Å²) in [5, 5.41) is 14.1. The lowest BCUT2D eigenvalue weighted by Crippen LogP contribution is -2.04. The van der Waals surface area contributed by atoms with Gasteiger partial charge >= 0.3 is 0 Å². The highest BCUT2D eigenvalue weighted by Crippen LogP contribution is 2.34. The van der Waals surface area contributed by atoms with Gasteiger partial charge in [0.1, 0.15) is 5.01 Å². The largest absolute Gasteiger partial charge is 0.493 e. The van der Waals surface area contributed by atoms with Crippen molar-refractivity contribution in [3.05, 3.63) is 54.6 Å². The van der Waals surface area contributed by atoms with E-state index in [4.69, 9.17) is 14.6 Å². The van der Waals surface area contributed by atoms with Gasteiger partial charge < -0.3 is 14.0 Å². The fourth-order valence-electron chi connectivity index (χ4n) is 3.13. The van der Waals surface area contributed by atoms with Crippen molar-refractivity contribution in [3.63, 3.8) is 0 Å². The summed E-state index contributed by atoms with van der Waals surface area (Å²) < 4.78 is 14.5. The number of rotatable bonds is 5. The summed E-state index contributed by atoms with van der Waals surface area (Å²) in [7, 11) is 3.24. The van der Waals surface area contributed by atoms with Crippen molar-refractivity contribution in [2.45, 2.75) is 6.54 Å². The van der Waals surface area contributed by atoms with Crippen LogP contribution in [0.5, 0.6) is 11.5 Å². The molecule has 0 saturated heterocycles. The van der Waals surface area contributed by atoms with Crippen molar-refractivity contribution in [3.8, 4) is 22.1 Å². The standard InChI is InChI=1S/C19H16N6O2S/c1-26-15-8-7-12(9-16(15)27-2)18-23-25-17(21-22-19(25)28-18)10-24-11-20-13-5-3-4-6-14(13)24/h3-9,11H,10H2,1-2H3. The van der Waals surface area contributed by atoms with Crippen molar-refractivity contribution in [2.75, 3.05) is 14.2 Å². The third-order valence-corrected chi connectivity index (χ3v) is 5.47. The topological polar surface area (TPSA) is 79.4 Å². The predicted molar refractivity (Wildman–Crippen MR) is 106 cm³/mol. The van der Waals surface area contributed by atoms with Crippen LogP contribution < -0.4 is 9.47 Å². The Kier molecular flexibility index (Phi) is 3.94. The molecule has 0 aliphatic rings. The predicted octanol–water partition coefficient (Wildman–Crippen LogP) is 3.27. The second-order valence-electron chi connectivity index (χ2n) is 6.15. The first-order chi connectivity index (χ1) is 13.8. The molecule has 5 aromatic rings. The monoisotopic (exact) mass is 392 g/mol. The molecule has 9 heteroatoms. The first-order valence-electron chi connectivity index (χ1n) is 8.60. The molecular formula is C19H16N6O2S. The van der Waals surface area contributed by atoms with Crippen LogP contribution in [0.1, 0.15) is 5.82 Å². The Morgan fingerprint density at radius 2 is 1.86 bits per heavy atom. The van der Waals surface area contributed by atoms with Crippen LogP contribution in [0.4, 0.5) is 0 Å². The second kappa shape index (κ2) is 6.61. The molecule has 0 bridgehead atoms. The van der Waals surface area contributed by atoms with E-state index in [0.29, 0.717) is 18.0 Å². The third-order valence-electron chi connectivity index (χ3n) is 4.53. The lowest BCUT2D eigenvalue weighted by molar-refractivity contribution is 0.355. The molecule has 0 radical (unpaired) electrons. The van der Waals surface area contributed by atoms with E-state index < -0.39 is 0 Å². The molecule has 0 fully saturated rings. The molecule has 0 saturated carbocycles. The Bertz CT molecular complexity index is 1290. The van der Waals surface area contributed by atoms with Gasteiger partial charge in [-0.25, -0.2) is 4.98 Å². The van der Waals surface area contributed by atoms with Crippen molar-refractivity contribution in [1.29, 1.82) is 0 Å². The van der Waals surface area contributed by atoms with Crippen LogP contribution in [-0.4, -0.2) is 43.6 Å². The normalized spacial score (nSPS) is 11.4. The van der Waals surface area contributed by atoms with Crippen molar-refractivity contribution >= 4 is 27.3 Å². The summed E-state index contributed by atoms with van der Waals surface area (Å²) in [6, 6.07) is 13.7. The van der Waals surface area contributed by atoms with Crippen molar-refractivity contribution < 1.29 is 9.47 Å². The van der Waals surface area contributed by atoms with E-state index in [1.54, 1.807) is 18.7 Å². The number of hydrogen-bond donors (Lipinski definition) is 0. The van der Waals surface area contributed by atoms with E-state index in [1.807, 2.05) is 53.4 Å². The summed E-state index contributed by atoms with van der Waals surface area (Å²) in [6.07, 6.45) is 1.81.